The number of benzene rings is 2. The van der Waals surface area contributed by atoms with Crippen molar-refractivity contribution in [3.05, 3.63) is 70.8 Å². The summed E-state index contributed by atoms with van der Waals surface area (Å²) in [5.41, 5.74) is 2.00. The van der Waals surface area contributed by atoms with Gasteiger partial charge in [0.1, 0.15) is 12.1 Å². The van der Waals surface area contributed by atoms with E-state index in [1.807, 2.05) is 42.5 Å². The van der Waals surface area contributed by atoms with Crippen molar-refractivity contribution in [1.29, 1.82) is 0 Å². The van der Waals surface area contributed by atoms with Crippen molar-refractivity contribution < 1.29 is 24.2 Å². The minimum Gasteiger partial charge on any atom is -0.445 e. The van der Waals surface area contributed by atoms with Gasteiger partial charge in [-0.3, -0.25) is 14.5 Å². The number of rotatable bonds is 5. The number of aliphatic hydroxyl groups excluding tert-OH is 1. The van der Waals surface area contributed by atoms with Crippen LogP contribution in [-0.2, 0) is 29.1 Å². The van der Waals surface area contributed by atoms with Gasteiger partial charge >= 0.3 is 6.09 Å². The molecular weight excluding hydrogens is 410 g/mol. The zero-order valence-electron chi connectivity index (χ0n) is 18.0. The summed E-state index contributed by atoms with van der Waals surface area (Å²) >= 11 is 0. The van der Waals surface area contributed by atoms with Gasteiger partial charge in [0.2, 0.25) is 5.91 Å². The maximum atomic E-state index is 13.1. The lowest BCUT2D eigenvalue weighted by Gasteiger charge is -2.32. The van der Waals surface area contributed by atoms with Crippen LogP contribution in [0.25, 0.3) is 0 Å². The van der Waals surface area contributed by atoms with Gasteiger partial charge in [-0.25, -0.2) is 4.79 Å². The number of hydrogen-bond acceptors (Lipinski definition) is 5. The Morgan fingerprint density at radius 3 is 2.78 bits per heavy atom. The molecule has 0 bridgehead atoms. The summed E-state index contributed by atoms with van der Waals surface area (Å²) in [6.07, 6.45) is -0.564. The average Bonchev–Trinajstić information content (AvgIpc) is 3.12. The van der Waals surface area contributed by atoms with Gasteiger partial charge < -0.3 is 20.5 Å². The molecule has 2 unspecified atom stereocenters. The van der Waals surface area contributed by atoms with Crippen molar-refractivity contribution >= 4 is 17.9 Å². The molecule has 0 aliphatic carbocycles. The fraction of sp³-hybridized carbons (Fsp3) is 0.375. The van der Waals surface area contributed by atoms with E-state index in [9.17, 15) is 19.5 Å². The number of nitrogens with zero attached hydrogens (tertiary/aromatic N) is 1. The minimum atomic E-state index is -1.24. The summed E-state index contributed by atoms with van der Waals surface area (Å²) in [5.74, 6) is -0.495. The number of hydrogen-bond donors (Lipinski definition) is 3. The molecule has 0 saturated carbocycles. The van der Waals surface area contributed by atoms with E-state index in [2.05, 4.69) is 10.6 Å². The first-order chi connectivity index (χ1) is 15.4. The molecule has 0 radical (unpaired) electrons. The van der Waals surface area contributed by atoms with Crippen molar-refractivity contribution in [2.24, 2.45) is 0 Å². The highest BCUT2D eigenvalue weighted by molar-refractivity contribution is 5.97. The van der Waals surface area contributed by atoms with E-state index in [1.165, 1.54) is 4.90 Å². The molecule has 32 heavy (non-hydrogen) atoms. The van der Waals surface area contributed by atoms with Crippen LogP contribution in [0.1, 0.15) is 40.4 Å². The molecule has 2 aromatic rings. The fourth-order valence-corrected chi connectivity index (χ4v) is 4.28. The van der Waals surface area contributed by atoms with Crippen LogP contribution in [0.15, 0.2) is 48.5 Å². The van der Waals surface area contributed by atoms with Crippen LogP contribution in [-0.4, -0.2) is 52.6 Å². The molecule has 2 aliphatic rings. The van der Waals surface area contributed by atoms with Crippen LogP contribution >= 0.6 is 0 Å². The van der Waals surface area contributed by atoms with Crippen LogP contribution in [0.2, 0.25) is 0 Å². The van der Waals surface area contributed by atoms with Crippen molar-refractivity contribution in [2.75, 3.05) is 13.1 Å². The number of aliphatic hydroxyl groups is 1. The van der Waals surface area contributed by atoms with Crippen molar-refractivity contribution in [3.63, 3.8) is 0 Å². The van der Waals surface area contributed by atoms with Gasteiger partial charge in [0.15, 0.2) is 0 Å². The molecule has 8 heteroatoms. The Hall–Kier alpha value is -3.39. The fourth-order valence-electron chi connectivity index (χ4n) is 4.28. The Morgan fingerprint density at radius 1 is 1.22 bits per heavy atom. The SMILES string of the molecule is CC1(C(=O)NCc2ccc3c(c2)C(=O)NCC3)CC(O)CN1C(=O)OCc1ccccc1. The number of ether oxygens (including phenoxy) is 1. The second kappa shape index (κ2) is 9.00. The number of nitrogens with one attached hydrogen (secondary N) is 2. The highest BCUT2D eigenvalue weighted by Crippen LogP contribution is 2.30. The van der Waals surface area contributed by atoms with Gasteiger partial charge in [-0.05, 0) is 36.1 Å². The molecular formula is C24H27N3O5. The molecule has 1 fully saturated rings. The largest absolute Gasteiger partial charge is 0.445 e. The van der Waals surface area contributed by atoms with E-state index < -0.39 is 17.7 Å². The third-order valence-corrected chi connectivity index (χ3v) is 6.09. The molecule has 2 atom stereocenters. The zero-order chi connectivity index (χ0) is 22.7. The number of carbonyl (C=O) groups is 3. The number of likely N-dealkylation sites (tertiary alicyclic amines) is 1. The Balaban J connectivity index is 1.41. The lowest BCUT2D eigenvalue weighted by atomic mass is 9.96. The standard InChI is InChI=1S/C24H27N3O5/c1-24(12-19(28)14-27(24)23(31)32-15-16-5-3-2-4-6-16)22(30)26-13-17-7-8-18-9-10-25-21(29)20(18)11-17/h2-8,11,19,28H,9-10,12-15H2,1H3,(H,25,29)(H,26,30). The number of carbonyl (C=O) groups excluding carboxylic acids is 3. The average molecular weight is 437 g/mol. The van der Waals surface area contributed by atoms with E-state index >= 15 is 0 Å². The highest BCUT2D eigenvalue weighted by atomic mass is 16.6. The van der Waals surface area contributed by atoms with Gasteiger partial charge in [-0.15, -0.1) is 0 Å². The Kier molecular flexibility index (Phi) is 6.14. The van der Waals surface area contributed by atoms with Crippen LogP contribution in [0.3, 0.4) is 0 Å². The summed E-state index contributed by atoms with van der Waals surface area (Å²) in [5, 5.41) is 15.9. The number of fused-ring (bicyclic) bond motifs is 1. The monoisotopic (exact) mass is 437 g/mol. The summed E-state index contributed by atoms with van der Waals surface area (Å²) in [6.45, 7) is 2.57. The van der Waals surface area contributed by atoms with Crippen LogP contribution in [0.5, 0.6) is 0 Å². The third kappa shape index (κ3) is 4.45. The first-order valence-electron chi connectivity index (χ1n) is 10.7. The van der Waals surface area contributed by atoms with Crippen LogP contribution in [0.4, 0.5) is 4.79 Å². The van der Waals surface area contributed by atoms with Crippen molar-refractivity contribution in [2.45, 2.75) is 44.6 Å². The quantitative estimate of drug-likeness (QED) is 0.661. The maximum Gasteiger partial charge on any atom is 0.411 e. The molecule has 0 spiro atoms. The van der Waals surface area contributed by atoms with Gasteiger partial charge in [0.05, 0.1) is 12.6 Å². The molecule has 2 aliphatic heterocycles. The molecule has 168 valence electrons. The van der Waals surface area contributed by atoms with Gasteiger partial charge in [-0.1, -0.05) is 42.5 Å². The highest BCUT2D eigenvalue weighted by Gasteiger charge is 2.50. The van der Waals surface area contributed by atoms with Crippen molar-refractivity contribution in [1.82, 2.24) is 15.5 Å². The normalized spacial score (nSPS) is 22.1. The van der Waals surface area contributed by atoms with E-state index in [0.717, 1.165) is 23.1 Å². The lowest BCUT2D eigenvalue weighted by Crippen LogP contribution is -2.55. The molecule has 2 heterocycles. The lowest BCUT2D eigenvalue weighted by molar-refractivity contribution is -0.130. The molecule has 8 nitrogen and oxygen atoms in total. The molecule has 4 rings (SSSR count). The van der Waals surface area contributed by atoms with Crippen LogP contribution in [0, 0.1) is 0 Å². The van der Waals surface area contributed by atoms with E-state index in [1.54, 1.807) is 13.0 Å². The van der Waals surface area contributed by atoms with Crippen LogP contribution < -0.4 is 10.6 Å². The van der Waals surface area contributed by atoms with E-state index in [-0.39, 0.29) is 37.9 Å². The Morgan fingerprint density at radius 2 is 2.00 bits per heavy atom. The first-order valence-corrected chi connectivity index (χ1v) is 10.7. The predicted octanol–water partition coefficient (Wildman–Crippen LogP) is 1.75. The Bertz CT molecular complexity index is 1030. The topological polar surface area (TPSA) is 108 Å². The predicted molar refractivity (Wildman–Crippen MR) is 117 cm³/mol. The Labute approximate surface area is 186 Å². The third-order valence-electron chi connectivity index (χ3n) is 6.09. The maximum absolute atomic E-state index is 13.1. The molecule has 3 amide bonds. The molecule has 1 saturated heterocycles. The summed E-state index contributed by atoms with van der Waals surface area (Å²) in [6, 6.07) is 14.8. The van der Waals surface area contributed by atoms with Gasteiger partial charge in [-0.2, -0.15) is 0 Å². The second-order valence-electron chi connectivity index (χ2n) is 8.46. The van der Waals surface area contributed by atoms with Gasteiger partial charge in [0.25, 0.3) is 5.91 Å². The summed E-state index contributed by atoms with van der Waals surface area (Å²) in [7, 11) is 0. The zero-order valence-corrected chi connectivity index (χ0v) is 18.0. The minimum absolute atomic E-state index is 0.0244. The van der Waals surface area contributed by atoms with E-state index in [4.69, 9.17) is 4.74 Å². The van der Waals surface area contributed by atoms with Crippen molar-refractivity contribution in [3.8, 4) is 0 Å². The van der Waals surface area contributed by atoms with Gasteiger partial charge in [0, 0.05) is 25.1 Å². The molecule has 0 aromatic heterocycles. The summed E-state index contributed by atoms with van der Waals surface area (Å²) < 4.78 is 5.39. The number of amides is 3. The first kappa shape index (κ1) is 21.8. The number of β-amino-alcohol motifs (C(OH)–C–C–N with tert-alkyl or cyclic N) is 1. The molecule has 3 N–H and O–H groups in total. The molecule has 2 aromatic carbocycles. The second-order valence-corrected chi connectivity index (χ2v) is 8.46. The smallest absolute Gasteiger partial charge is 0.411 e. The summed E-state index contributed by atoms with van der Waals surface area (Å²) in [4.78, 5) is 39.2. The van der Waals surface area contributed by atoms with E-state index in [0.29, 0.717) is 12.1 Å².